The van der Waals surface area contributed by atoms with Crippen molar-refractivity contribution >= 4 is 27.7 Å². The smallest absolute Gasteiger partial charge is 0.359 e. The number of aryl methyl sites for hydroxylation is 3. The number of hydrogen-bond acceptors (Lipinski definition) is 6. The molecular weight excluding hydrogens is 420 g/mol. The highest BCUT2D eigenvalue weighted by Crippen LogP contribution is 2.24. The summed E-state index contributed by atoms with van der Waals surface area (Å²) in [6, 6.07) is 12.0. The van der Waals surface area contributed by atoms with E-state index in [0.717, 1.165) is 30.4 Å². The molecule has 0 saturated carbocycles. The van der Waals surface area contributed by atoms with E-state index >= 15 is 0 Å². The van der Waals surface area contributed by atoms with E-state index in [2.05, 4.69) is 12.0 Å². The Morgan fingerprint density at radius 1 is 1.03 bits per heavy atom. The predicted molar refractivity (Wildman–Crippen MR) is 127 cm³/mol. The monoisotopic (exact) mass is 446 g/mol. The second-order valence-electron chi connectivity index (χ2n) is 8.18. The van der Waals surface area contributed by atoms with Crippen molar-refractivity contribution < 1.29 is 13.9 Å². The maximum absolute atomic E-state index is 13.1. The Labute approximate surface area is 190 Å². The molecule has 33 heavy (non-hydrogen) atoms. The summed E-state index contributed by atoms with van der Waals surface area (Å²) in [7, 11) is 0. The molecule has 2 aromatic carbocycles. The van der Waals surface area contributed by atoms with Crippen molar-refractivity contribution in [3.8, 4) is 0 Å². The first-order chi connectivity index (χ1) is 15.9. The number of hydrogen-bond donors (Lipinski definition) is 0. The van der Waals surface area contributed by atoms with Crippen LogP contribution in [-0.2, 0) is 17.9 Å². The summed E-state index contributed by atoms with van der Waals surface area (Å²) in [6.45, 7) is 6.22. The third kappa shape index (κ3) is 4.44. The number of aromatic nitrogens is 2. The highest BCUT2D eigenvalue weighted by atomic mass is 16.5. The van der Waals surface area contributed by atoms with E-state index in [-0.39, 0.29) is 17.9 Å². The topological polar surface area (TPSA) is 91.4 Å². The lowest BCUT2D eigenvalue weighted by Gasteiger charge is -2.12. The van der Waals surface area contributed by atoms with Crippen molar-refractivity contribution in [3.05, 3.63) is 85.6 Å². The lowest BCUT2D eigenvalue weighted by Crippen LogP contribution is -2.26. The summed E-state index contributed by atoms with van der Waals surface area (Å²) >= 11 is 0. The van der Waals surface area contributed by atoms with Gasteiger partial charge in [-0.15, -0.1) is 0 Å². The zero-order chi connectivity index (χ0) is 23.5. The maximum Gasteiger partial charge on any atom is 0.359 e. The number of ether oxygens (including phenoxy) is 1. The minimum atomic E-state index is -0.652. The molecule has 0 amide bonds. The number of fused-ring (bicyclic) bond motifs is 2. The summed E-state index contributed by atoms with van der Waals surface area (Å²) < 4.78 is 12.3. The van der Waals surface area contributed by atoms with E-state index in [4.69, 9.17) is 9.15 Å². The van der Waals surface area contributed by atoms with E-state index < -0.39 is 11.6 Å². The van der Waals surface area contributed by atoms with E-state index in [0.29, 0.717) is 33.8 Å². The molecule has 4 rings (SSSR count). The zero-order valence-corrected chi connectivity index (χ0v) is 19.0. The van der Waals surface area contributed by atoms with Crippen LogP contribution >= 0.6 is 0 Å². The van der Waals surface area contributed by atoms with Gasteiger partial charge in [0.15, 0.2) is 5.69 Å². The number of carbonyl (C=O) groups excluding carboxylic acids is 1. The third-order valence-electron chi connectivity index (χ3n) is 5.91. The first-order valence-corrected chi connectivity index (χ1v) is 11.1. The Hall–Kier alpha value is -3.74. The van der Waals surface area contributed by atoms with Crippen LogP contribution in [0.1, 0.15) is 53.4 Å². The van der Waals surface area contributed by atoms with Gasteiger partial charge in [0.2, 0.25) is 0 Å². The van der Waals surface area contributed by atoms with Gasteiger partial charge in [-0.2, -0.15) is 5.10 Å². The molecule has 0 aliphatic rings. The quantitative estimate of drug-likeness (QED) is 0.233. The molecule has 0 aliphatic carbocycles. The van der Waals surface area contributed by atoms with Crippen LogP contribution in [0.2, 0.25) is 0 Å². The molecule has 2 aromatic heterocycles. The zero-order valence-electron chi connectivity index (χ0n) is 19.0. The van der Waals surface area contributed by atoms with Crippen molar-refractivity contribution in [1.82, 2.24) is 9.78 Å². The number of esters is 1. The third-order valence-corrected chi connectivity index (χ3v) is 5.91. The molecule has 4 aromatic rings. The van der Waals surface area contributed by atoms with Crippen LogP contribution in [0, 0.1) is 13.8 Å². The van der Waals surface area contributed by atoms with Crippen LogP contribution in [-0.4, -0.2) is 15.7 Å². The van der Waals surface area contributed by atoms with Crippen LogP contribution in [0.3, 0.4) is 0 Å². The predicted octanol–water partition coefficient (Wildman–Crippen LogP) is 4.67. The fraction of sp³-hybridized carbons (Fsp3) is 0.308. The van der Waals surface area contributed by atoms with E-state index in [1.54, 1.807) is 24.3 Å². The van der Waals surface area contributed by atoms with E-state index in [9.17, 15) is 14.4 Å². The average Bonchev–Trinajstić information content (AvgIpc) is 2.81. The second-order valence-corrected chi connectivity index (χ2v) is 8.18. The first kappa shape index (κ1) is 22.5. The van der Waals surface area contributed by atoms with Crippen LogP contribution < -0.4 is 11.2 Å². The van der Waals surface area contributed by atoms with Gasteiger partial charge in [0.25, 0.3) is 5.56 Å². The van der Waals surface area contributed by atoms with Crippen LogP contribution in [0.5, 0.6) is 0 Å². The van der Waals surface area contributed by atoms with Gasteiger partial charge >= 0.3 is 11.6 Å². The molecule has 0 spiro atoms. The molecule has 7 nitrogen and oxygen atoms in total. The van der Waals surface area contributed by atoms with Gasteiger partial charge in [-0.05, 0) is 37.5 Å². The van der Waals surface area contributed by atoms with Crippen LogP contribution in [0.15, 0.2) is 56.5 Å². The molecule has 0 aliphatic heterocycles. The first-order valence-electron chi connectivity index (χ1n) is 11.1. The number of rotatable bonds is 7. The van der Waals surface area contributed by atoms with Crippen molar-refractivity contribution in [2.75, 3.05) is 0 Å². The van der Waals surface area contributed by atoms with Gasteiger partial charge < -0.3 is 9.15 Å². The van der Waals surface area contributed by atoms with E-state index in [1.165, 1.54) is 10.7 Å². The molecule has 0 bridgehead atoms. The molecule has 0 atom stereocenters. The molecule has 2 heterocycles. The van der Waals surface area contributed by atoms with Gasteiger partial charge in [0.05, 0.1) is 5.39 Å². The van der Waals surface area contributed by atoms with Gasteiger partial charge in [-0.3, -0.25) is 4.79 Å². The largest absolute Gasteiger partial charge is 0.456 e. The highest BCUT2D eigenvalue weighted by molar-refractivity contribution is 6.02. The molecule has 7 heteroatoms. The summed E-state index contributed by atoms with van der Waals surface area (Å²) in [4.78, 5) is 38.0. The van der Waals surface area contributed by atoms with Crippen molar-refractivity contribution in [2.45, 2.75) is 53.2 Å². The minimum Gasteiger partial charge on any atom is -0.456 e. The summed E-state index contributed by atoms with van der Waals surface area (Å²) in [6.07, 6.45) is 2.76. The van der Waals surface area contributed by atoms with Gasteiger partial charge in [-0.1, -0.05) is 50.1 Å². The van der Waals surface area contributed by atoms with Crippen molar-refractivity contribution in [1.29, 1.82) is 0 Å². The Bertz CT molecular complexity index is 1470. The van der Waals surface area contributed by atoms with Crippen LogP contribution in [0.4, 0.5) is 0 Å². The molecule has 0 fully saturated rings. The van der Waals surface area contributed by atoms with E-state index in [1.807, 2.05) is 26.0 Å². The standard InChI is InChI=1S/C26H26N2O5/c1-4-5-8-13-28-25(30)21-10-7-6-9-20(21)23(27-28)26(31)32-15-18-14-22(29)33-24-17(3)16(2)11-12-19(18)24/h6-7,9-12,14H,4-5,8,13,15H2,1-3H3. The highest BCUT2D eigenvalue weighted by Gasteiger charge is 2.19. The Morgan fingerprint density at radius 3 is 2.55 bits per heavy atom. The summed E-state index contributed by atoms with van der Waals surface area (Å²) in [5.41, 5.74) is 2.26. The number of benzene rings is 2. The fourth-order valence-corrected chi connectivity index (χ4v) is 3.90. The minimum absolute atomic E-state index is 0.0843. The Morgan fingerprint density at radius 2 is 1.79 bits per heavy atom. The van der Waals surface area contributed by atoms with Gasteiger partial charge in [0.1, 0.15) is 12.2 Å². The number of nitrogens with zero attached hydrogens (tertiary/aromatic N) is 2. The van der Waals surface area contributed by atoms with Gasteiger partial charge in [0, 0.05) is 28.9 Å². The van der Waals surface area contributed by atoms with Crippen molar-refractivity contribution in [3.63, 3.8) is 0 Å². The maximum atomic E-state index is 13.1. The van der Waals surface area contributed by atoms with Gasteiger partial charge in [-0.25, -0.2) is 14.3 Å². The molecule has 0 radical (unpaired) electrons. The lowest BCUT2D eigenvalue weighted by molar-refractivity contribution is 0.0466. The summed E-state index contributed by atoms with van der Waals surface area (Å²) in [5, 5.41) is 5.93. The van der Waals surface area contributed by atoms with Crippen LogP contribution in [0.25, 0.3) is 21.7 Å². The number of carbonyl (C=O) groups is 1. The lowest BCUT2D eigenvalue weighted by atomic mass is 10.0. The molecule has 0 N–H and O–H groups in total. The normalized spacial score (nSPS) is 11.2. The molecule has 170 valence electrons. The second kappa shape index (κ2) is 9.40. The molecule has 0 unspecified atom stereocenters. The Balaban J connectivity index is 1.69. The average molecular weight is 447 g/mol. The van der Waals surface area contributed by atoms with Crippen molar-refractivity contribution in [2.24, 2.45) is 0 Å². The fourth-order valence-electron chi connectivity index (χ4n) is 3.90. The molecule has 0 saturated heterocycles. The Kier molecular flexibility index (Phi) is 6.40. The number of unbranched alkanes of at least 4 members (excludes halogenated alkanes) is 2. The summed E-state index contributed by atoms with van der Waals surface area (Å²) in [5.74, 6) is -0.652. The SMILES string of the molecule is CCCCCn1nc(C(=O)OCc2cc(=O)oc3c(C)c(C)ccc23)c2ccccc2c1=O. The molecular formula is C26H26N2O5.